The molecule has 0 heterocycles. The third-order valence-corrected chi connectivity index (χ3v) is 2.19. The smallest absolute Gasteiger partial charge is 0.105 e. The summed E-state index contributed by atoms with van der Waals surface area (Å²) in [5, 5.41) is 18.7. The minimum Gasteiger partial charge on any atom is -0.390 e. The van der Waals surface area contributed by atoms with Crippen LogP contribution in [0.4, 0.5) is 0 Å². The van der Waals surface area contributed by atoms with Crippen molar-refractivity contribution in [3.8, 4) is 0 Å². The van der Waals surface area contributed by atoms with Gasteiger partial charge in [-0.2, -0.15) is 0 Å². The van der Waals surface area contributed by atoms with E-state index in [9.17, 15) is 5.11 Å². The Balaban J connectivity index is 2.79. The van der Waals surface area contributed by atoms with Crippen molar-refractivity contribution in [2.45, 2.75) is 32.5 Å². The molecule has 13 heavy (non-hydrogen) atoms. The maximum absolute atomic E-state index is 9.51. The Morgan fingerprint density at radius 3 is 2.08 bits per heavy atom. The van der Waals surface area contributed by atoms with E-state index in [1.165, 1.54) is 5.56 Å². The molecule has 0 fully saturated rings. The van der Waals surface area contributed by atoms with Gasteiger partial charge in [0, 0.05) is 0 Å². The number of rotatable bonds is 3. The largest absolute Gasteiger partial charge is 0.390 e. The molecule has 2 nitrogen and oxygen atoms in total. The zero-order valence-electron chi connectivity index (χ0n) is 8.07. The Morgan fingerprint density at radius 2 is 1.69 bits per heavy atom. The molecule has 2 heteroatoms. The van der Waals surface area contributed by atoms with Gasteiger partial charge in [0.25, 0.3) is 0 Å². The Labute approximate surface area is 78.8 Å². The van der Waals surface area contributed by atoms with Crippen molar-refractivity contribution < 1.29 is 10.2 Å². The van der Waals surface area contributed by atoms with Crippen LogP contribution in [0, 0.1) is 0 Å². The van der Waals surface area contributed by atoms with Gasteiger partial charge in [0.2, 0.25) is 0 Å². The molecule has 0 saturated carbocycles. The first-order chi connectivity index (χ1) is 6.15. The van der Waals surface area contributed by atoms with Crippen LogP contribution in [0.1, 0.15) is 31.1 Å². The van der Waals surface area contributed by atoms with Crippen molar-refractivity contribution in [3.63, 3.8) is 0 Å². The predicted octanol–water partition coefficient (Wildman–Crippen LogP) is 1.66. The van der Waals surface area contributed by atoms with Crippen LogP contribution >= 0.6 is 0 Å². The van der Waals surface area contributed by atoms with Gasteiger partial charge in [-0.05, 0) is 24.5 Å². The van der Waals surface area contributed by atoms with Gasteiger partial charge in [-0.25, -0.2) is 0 Å². The second-order valence-corrected chi connectivity index (χ2v) is 3.28. The zero-order valence-corrected chi connectivity index (χ0v) is 8.07. The highest BCUT2D eigenvalue weighted by molar-refractivity contribution is 5.24. The van der Waals surface area contributed by atoms with Crippen molar-refractivity contribution in [3.05, 3.63) is 35.4 Å². The lowest BCUT2D eigenvalue weighted by Crippen LogP contribution is -2.13. The van der Waals surface area contributed by atoms with E-state index in [2.05, 4.69) is 6.92 Å². The van der Waals surface area contributed by atoms with Crippen LogP contribution in [0.5, 0.6) is 0 Å². The van der Waals surface area contributed by atoms with Gasteiger partial charge in [-0.15, -0.1) is 0 Å². The standard InChI is InChI=1S/C11H16O2/c1-3-9-4-6-10(7-5-9)11(13)8(2)12/h4-8,11-13H,3H2,1-2H3. The van der Waals surface area contributed by atoms with E-state index in [1.807, 2.05) is 24.3 Å². The molecule has 1 rings (SSSR count). The Kier molecular flexibility index (Phi) is 3.46. The van der Waals surface area contributed by atoms with Gasteiger partial charge in [0.05, 0.1) is 6.10 Å². The lowest BCUT2D eigenvalue weighted by atomic mass is 10.0. The average Bonchev–Trinajstić information content (AvgIpc) is 2.17. The van der Waals surface area contributed by atoms with Gasteiger partial charge in [-0.1, -0.05) is 31.2 Å². The molecular weight excluding hydrogens is 164 g/mol. The monoisotopic (exact) mass is 180 g/mol. The molecule has 0 radical (unpaired) electrons. The molecule has 0 bridgehead atoms. The van der Waals surface area contributed by atoms with Crippen LogP contribution in [-0.4, -0.2) is 16.3 Å². The lowest BCUT2D eigenvalue weighted by Gasteiger charge is -2.13. The van der Waals surface area contributed by atoms with Gasteiger partial charge in [0.1, 0.15) is 6.10 Å². The molecule has 2 unspecified atom stereocenters. The highest BCUT2D eigenvalue weighted by Crippen LogP contribution is 2.17. The number of hydrogen-bond acceptors (Lipinski definition) is 2. The summed E-state index contributed by atoms with van der Waals surface area (Å²) in [4.78, 5) is 0. The van der Waals surface area contributed by atoms with Crippen LogP contribution in [0.2, 0.25) is 0 Å². The summed E-state index contributed by atoms with van der Waals surface area (Å²) in [7, 11) is 0. The molecule has 0 aliphatic carbocycles. The molecule has 0 aromatic heterocycles. The molecule has 2 N–H and O–H groups in total. The fourth-order valence-electron chi connectivity index (χ4n) is 1.23. The van der Waals surface area contributed by atoms with E-state index < -0.39 is 12.2 Å². The van der Waals surface area contributed by atoms with Crippen molar-refractivity contribution in [1.82, 2.24) is 0 Å². The number of aryl methyl sites for hydroxylation is 1. The Hall–Kier alpha value is -0.860. The Morgan fingerprint density at radius 1 is 1.15 bits per heavy atom. The molecule has 1 aromatic carbocycles. The van der Waals surface area contributed by atoms with Crippen LogP contribution in [0.25, 0.3) is 0 Å². The third kappa shape index (κ3) is 2.54. The molecule has 0 spiro atoms. The van der Waals surface area contributed by atoms with Gasteiger partial charge in [0.15, 0.2) is 0 Å². The van der Waals surface area contributed by atoms with Crippen LogP contribution < -0.4 is 0 Å². The van der Waals surface area contributed by atoms with Crippen molar-refractivity contribution in [2.24, 2.45) is 0 Å². The maximum atomic E-state index is 9.51. The van der Waals surface area contributed by atoms with E-state index in [1.54, 1.807) is 6.92 Å². The highest BCUT2D eigenvalue weighted by Gasteiger charge is 2.12. The summed E-state index contributed by atoms with van der Waals surface area (Å²) in [5.74, 6) is 0. The van der Waals surface area contributed by atoms with E-state index in [0.29, 0.717) is 0 Å². The first-order valence-corrected chi connectivity index (χ1v) is 4.60. The molecule has 0 amide bonds. The molecule has 2 atom stereocenters. The summed E-state index contributed by atoms with van der Waals surface area (Å²) in [6.45, 7) is 3.67. The number of aliphatic hydroxyl groups excluding tert-OH is 2. The topological polar surface area (TPSA) is 40.5 Å². The molecule has 72 valence electrons. The summed E-state index contributed by atoms with van der Waals surface area (Å²) in [5.41, 5.74) is 2.01. The molecule has 0 saturated heterocycles. The van der Waals surface area contributed by atoms with Crippen LogP contribution in [0.15, 0.2) is 24.3 Å². The average molecular weight is 180 g/mol. The molecule has 1 aromatic rings. The maximum Gasteiger partial charge on any atom is 0.105 e. The summed E-state index contributed by atoms with van der Waals surface area (Å²) < 4.78 is 0. The summed E-state index contributed by atoms with van der Waals surface area (Å²) in [6, 6.07) is 7.66. The van der Waals surface area contributed by atoms with Crippen molar-refractivity contribution in [2.75, 3.05) is 0 Å². The minimum absolute atomic E-state index is 0.715. The normalized spacial score (nSPS) is 15.4. The first-order valence-electron chi connectivity index (χ1n) is 4.60. The Bertz CT molecular complexity index is 251. The van der Waals surface area contributed by atoms with E-state index >= 15 is 0 Å². The highest BCUT2D eigenvalue weighted by atomic mass is 16.3. The number of hydrogen-bond donors (Lipinski definition) is 2. The minimum atomic E-state index is -0.772. The van der Waals surface area contributed by atoms with Gasteiger partial charge >= 0.3 is 0 Å². The van der Waals surface area contributed by atoms with Crippen molar-refractivity contribution in [1.29, 1.82) is 0 Å². The van der Waals surface area contributed by atoms with Gasteiger partial charge in [-0.3, -0.25) is 0 Å². The summed E-state index contributed by atoms with van der Waals surface area (Å²) >= 11 is 0. The fourth-order valence-corrected chi connectivity index (χ4v) is 1.23. The SMILES string of the molecule is CCc1ccc(C(O)C(C)O)cc1. The molecule has 0 aliphatic rings. The number of benzene rings is 1. The fraction of sp³-hybridized carbons (Fsp3) is 0.455. The summed E-state index contributed by atoms with van der Waals surface area (Å²) in [6.07, 6.45) is -0.496. The molecular formula is C11H16O2. The van der Waals surface area contributed by atoms with Gasteiger partial charge < -0.3 is 10.2 Å². The second kappa shape index (κ2) is 4.40. The van der Waals surface area contributed by atoms with Crippen molar-refractivity contribution >= 4 is 0 Å². The van der Waals surface area contributed by atoms with E-state index in [0.717, 1.165) is 12.0 Å². The van der Waals surface area contributed by atoms with Crippen LogP contribution in [0.3, 0.4) is 0 Å². The molecule has 0 aliphatic heterocycles. The zero-order chi connectivity index (χ0) is 9.84. The van der Waals surface area contributed by atoms with Crippen LogP contribution in [-0.2, 0) is 6.42 Å². The lowest BCUT2D eigenvalue weighted by molar-refractivity contribution is 0.0305. The number of aliphatic hydroxyl groups is 2. The first kappa shape index (κ1) is 10.2. The predicted molar refractivity (Wildman–Crippen MR) is 52.5 cm³/mol. The van der Waals surface area contributed by atoms with E-state index in [4.69, 9.17) is 5.11 Å². The second-order valence-electron chi connectivity index (χ2n) is 3.28. The van der Waals surface area contributed by atoms with E-state index in [-0.39, 0.29) is 0 Å². The third-order valence-electron chi connectivity index (χ3n) is 2.19. The quantitative estimate of drug-likeness (QED) is 0.742.